The Kier molecular flexibility index (Phi) is 0.680. The lowest BCUT2D eigenvalue weighted by Crippen LogP contribution is -2.11. The molecule has 0 unspecified atom stereocenters. The van der Waals surface area contributed by atoms with Crippen LogP contribution in [0.15, 0.2) is 0 Å². The Bertz CT molecular complexity index is 62.2. The first-order valence-corrected chi connectivity index (χ1v) is 3.06. The lowest BCUT2D eigenvalue weighted by molar-refractivity contribution is 0.778. The van der Waals surface area contributed by atoms with Crippen LogP contribution in [0.3, 0.4) is 0 Å². The minimum Gasteiger partial charge on any atom is -0.307 e. The van der Waals surface area contributed by atoms with E-state index in [-0.39, 0.29) is 0 Å². The van der Waals surface area contributed by atoms with Crippen molar-refractivity contribution in [3.8, 4) is 0 Å². The van der Waals surface area contributed by atoms with Gasteiger partial charge in [0.15, 0.2) is 0 Å². The van der Waals surface area contributed by atoms with Crippen molar-refractivity contribution in [3.05, 3.63) is 6.04 Å². The van der Waals surface area contributed by atoms with Crippen LogP contribution in [0.25, 0.3) is 0 Å². The van der Waals surface area contributed by atoms with Crippen LogP contribution in [0.4, 0.5) is 0 Å². The molecule has 2 rings (SSSR count). The van der Waals surface area contributed by atoms with Crippen molar-refractivity contribution in [2.24, 2.45) is 0 Å². The molecule has 0 aromatic carbocycles. The van der Waals surface area contributed by atoms with E-state index in [0.29, 0.717) is 0 Å². The van der Waals surface area contributed by atoms with Gasteiger partial charge < -0.3 is 5.32 Å². The van der Waals surface area contributed by atoms with Gasteiger partial charge in [0, 0.05) is 12.1 Å². The maximum atomic E-state index is 3.44. The van der Waals surface area contributed by atoms with E-state index in [1.165, 1.54) is 25.7 Å². The number of nitrogens with one attached hydrogen (secondary N) is 1. The number of hydrogen-bond acceptors (Lipinski definition) is 1. The van der Waals surface area contributed by atoms with Crippen LogP contribution in [-0.4, -0.2) is 6.04 Å². The lowest BCUT2D eigenvalue weighted by atomic mass is 10.6. The fourth-order valence-electron chi connectivity index (χ4n) is 0.723. The van der Waals surface area contributed by atoms with Gasteiger partial charge in [-0.25, -0.2) is 0 Å². The van der Waals surface area contributed by atoms with Gasteiger partial charge in [0.1, 0.15) is 0 Å². The van der Waals surface area contributed by atoms with Crippen LogP contribution < -0.4 is 5.32 Å². The second-order valence-electron chi connectivity index (χ2n) is 2.52. The summed E-state index contributed by atoms with van der Waals surface area (Å²) in [7, 11) is 0. The summed E-state index contributed by atoms with van der Waals surface area (Å²) in [6, 6.07) is 2.50. The molecule has 1 radical (unpaired) electrons. The Morgan fingerprint density at radius 1 is 1.29 bits per heavy atom. The molecule has 2 aliphatic carbocycles. The third-order valence-corrected chi connectivity index (χ3v) is 1.49. The van der Waals surface area contributed by atoms with Crippen LogP contribution in [0.1, 0.15) is 25.7 Å². The lowest BCUT2D eigenvalue weighted by Gasteiger charge is -1.91. The molecule has 1 heteroatoms. The standard InChI is InChI=1S/C6H10N/c1-2-5(1)7-6-3-4-6/h5,7H,1-4H2. The van der Waals surface area contributed by atoms with E-state index in [0.717, 1.165) is 6.04 Å². The smallest absolute Gasteiger partial charge is 0.0367 e. The number of rotatable bonds is 2. The maximum absolute atomic E-state index is 3.44. The summed E-state index contributed by atoms with van der Waals surface area (Å²) in [6.45, 7) is 0. The van der Waals surface area contributed by atoms with Gasteiger partial charge in [0.05, 0.1) is 0 Å². The minimum absolute atomic E-state index is 0.900. The minimum atomic E-state index is 0.900. The summed E-state index contributed by atoms with van der Waals surface area (Å²) in [5.74, 6) is 0. The Morgan fingerprint density at radius 2 is 2.00 bits per heavy atom. The van der Waals surface area contributed by atoms with E-state index in [9.17, 15) is 0 Å². The van der Waals surface area contributed by atoms with Gasteiger partial charge in [-0.05, 0) is 25.7 Å². The van der Waals surface area contributed by atoms with Crippen molar-refractivity contribution in [1.29, 1.82) is 0 Å². The second-order valence-corrected chi connectivity index (χ2v) is 2.52. The SMILES string of the molecule is C1C[C]1NC1CC1. The van der Waals surface area contributed by atoms with E-state index in [2.05, 4.69) is 5.32 Å². The maximum Gasteiger partial charge on any atom is 0.0367 e. The van der Waals surface area contributed by atoms with Crippen molar-refractivity contribution in [2.45, 2.75) is 31.7 Å². The molecular formula is C6H10N. The molecule has 2 aliphatic rings. The van der Waals surface area contributed by atoms with E-state index in [4.69, 9.17) is 0 Å². The largest absolute Gasteiger partial charge is 0.307 e. The summed E-state index contributed by atoms with van der Waals surface area (Å²) in [6.07, 6.45) is 5.56. The molecule has 1 nitrogen and oxygen atoms in total. The highest BCUT2D eigenvalue weighted by Crippen LogP contribution is 2.33. The summed E-state index contributed by atoms with van der Waals surface area (Å²) in [5, 5.41) is 3.44. The summed E-state index contributed by atoms with van der Waals surface area (Å²) < 4.78 is 0. The Labute approximate surface area is 44.1 Å². The average molecular weight is 96.2 g/mol. The first kappa shape index (κ1) is 3.90. The van der Waals surface area contributed by atoms with Crippen LogP contribution in [-0.2, 0) is 0 Å². The monoisotopic (exact) mass is 96.1 g/mol. The molecule has 0 saturated heterocycles. The summed E-state index contributed by atoms with van der Waals surface area (Å²) in [4.78, 5) is 0. The molecule has 39 valence electrons. The highest BCUT2D eigenvalue weighted by Gasteiger charge is 2.30. The van der Waals surface area contributed by atoms with Gasteiger partial charge in [-0.2, -0.15) is 0 Å². The van der Waals surface area contributed by atoms with Gasteiger partial charge in [-0.15, -0.1) is 0 Å². The van der Waals surface area contributed by atoms with Gasteiger partial charge in [0.2, 0.25) is 0 Å². The van der Waals surface area contributed by atoms with Crippen molar-refractivity contribution in [1.82, 2.24) is 5.32 Å². The molecule has 7 heavy (non-hydrogen) atoms. The zero-order valence-electron chi connectivity index (χ0n) is 4.41. The normalized spacial score (nSPS) is 30.9. The molecule has 0 aliphatic heterocycles. The van der Waals surface area contributed by atoms with Crippen molar-refractivity contribution in [3.63, 3.8) is 0 Å². The molecule has 0 aromatic heterocycles. The highest BCUT2D eigenvalue weighted by atomic mass is 15.0. The van der Waals surface area contributed by atoms with E-state index in [1.54, 1.807) is 6.04 Å². The van der Waals surface area contributed by atoms with E-state index in [1.807, 2.05) is 0 Å². The molecule has 2 saturated carbocycles. The Morgan fingerprint density at radius 3 is 2.43 bits per heavy atom. The highest BCUT2D eigenvalue weighted by molar-refractivity contribution is 5.06. The zero-order valence-corrected chi connectivity index (χ0v) is 4.41. The second kappa shape index (κ2) is 1.22. The molecular weight excluding hydrogens is 86.1 g/mol. The molecule has 0 spiro atoms. The van der Waals surface area contributed by atoms with Crippen molar-refractivity contribution in [2.75, 3.05) is 0 Å². The van der Waals surface area contributed by atoms with E-state index >= 15 is 0 Å². The molecule has 0 heterocycles. The Hall–Kier alpha value is -0.0400. The first-order valence-electron chi connectivity index (χ1n) is 3.06. The third-order valence-electron chi connectivity index (χ3n) is 1.49. The van der Waals surface area contributed by atoms with Gasteiger partial charge in [0.25, 0.3) is 0 Å². The summed E-state index contributed by atoms with van der Waals surface area (Å²) in [5.41, 5.74) is 0. The molecule has 0 atom stereocenters. The van der Waals surface area contributed by atoms with Crippen LogP contribution in [0, 0.1) is 6.04 Å². The van der Waals surface area contributed by atoms with Crippen LogP contribution in [0.2, 0.25) is 0 Å². The first-order chi connectivity index (χ1) is 3.45. The predicted molar refractivity (Wildman–Crippen MR) is 28.6 cm³/mol. The molecule has 1 N–H and O–H groups in total. The van der Waals surface area contributed by atoms with E-state index < -0.39 is 0 Å². The molecule has 2 fully saturated rings. The fourth-order valence-corrected chi connectivity index (χ4v) is 0.723. The fraction of sp³-hybridized carbons (Fsp3) is 0.833. The number of hydrogen-bond donors (Lipinski definition) is 1. The predicted octanol–water partition coefficient (Wildman–Crippen LogP) is 1.06. The molecule has 0 amide bonds. The molecule has 0 bridgehead atoms. The van der Waals surface area contributed by atoms with Crippen LogP contribution >= 0.6 is 0 Å². The molecule has 0 aromatic rings. The Balaban J connectivity index is 1.69. The van der Waals surface area contributed by atoms with Gasteiger partial charge in [-0.3, -0.25) is 0 Å². The average Bonchev–Trinajstić information content (AvgIpc) is 2.33. The van der Waals surface area contributed by atoms with Gasteiger partial charge >= 0.3 is 0 Å². The van der Waals surface area contributed by atoms with Crippen molar-refractivity contribution >= 4 is 0 Å². The van der Waals surface area contributed by atoms with Crippen LogP contribution in [0.5, 0.6) is 0 Å². The van der Waals surface area contributed by atoms with Gasteiger partial charge in [-0.1, -0.05) is 0 Å². The third kappa shape index (κ3) is 0.942. The zero-order chi connectivity index (χ0) is 4.69. The van der Waals surface area contributed by atoms with Crippen molar-refractivity contribution < 1.29 is 0 Å². The summed E-state index contributed by atoms with van der Waals surface area (Å²) >= 11 is 0. The topological polar surface area (TPSA) is 12.0 Å². The quantitative estimate of drug-likeness (QED) is 0.542.